The van der Waals surface area contributed by atoms with Crippen molar-refractivity contribution in [3.05, 3.63) is 52.5 Å². The molecule has 2 aromatic carbocycles. The number of nitrogens with one attached hydrogen (secondary N) is 1. The topological polar surface area (TPSA) is 95.9 Å². The van der Waals surface area contributed by atoms with Crippen molar-refractivity contribution in [1.29, 1.82) is 0 Å². The summed E-state index contributed by atoms with van der Waals surface area (Å²) in [5.41, 5.74) is 1.78. The van der Waals surface area contributed by atoms with E-state index in [2.05, 4.69) is 5.32 Å². The van der Waals surface area contributed by atoms with Crippen LogP contribution in [0.2, 0.25) is 5.02 Å². The van der Waals surface area contributed by atoms with Gasteiger partial charge >= 0.3 is 5.97 Å². The molecule has 0 saturated carbocycles. The lowest BCUT2D eigenvalue weighted by molar-refractivity contribution is -0.127. The van der Waals surface area contributed by atoms with Crippen molar-refractivity contribution in [2.24, 2.45) is 0 Å². The third-order valence-corrected chi connectivity index (χ3v) is 4.41. The fraction of sp³-hybridized carbons (Fsp3) is 0.211. The Morgan fingerprint density at radius 3 is 2.67 bits per heavy atom. The highest BCUT2D eigenvalue weighted by Crippen LogP contribution is 2.35. The Morgan fingerprint density at radius 2 is 2.00 bits per heavy atom. The maximum absolute atomic E-state index is 12.5. The van der Waals surface area contributed by atoms with Crippen LogP contribution < -0.4 is 15.0 Å². The van der Waals surface area contributed by atoms with Gasteiger partial charge in [0, 0.05) is 10.7 Å². The molecule has 2 aromatic rings. The van der Waals surface area contributed by atoms with Crippen molar-refractivity contribution in [2.45, 2.75) is 20.0 Å². The quantitative estimate of drug-likeness (QED) is 0.839. The third-order valence-electron chi connectivity index (χ3n) is 4.18. The summed E-state index contributed by atoms with van der Waals surface area (Å²) in [6, 6.07) is 9.24. The number of nitrogens with zero attached hydrogens (tertiary/aromatic N) is 1. The molecule has 8 heteroatoms. The number of carboxylic acids is 1. The van der Waals surface area contributed by atoms with Gasteiger partial charge in [-0.15, -0.1) is 0 Å². The molecule has 1 heterocycles. The molecule has 0 bridgehead atoms. The van der Waals surface area contributed by atoms with E-state index in [0.29, 0.717) is 16.4 Å². The summed E-state index contributed by atoms with van der Waals surface area (Å²) in [5.74, 6) is -1.63. The number of aryl methyl sites for hydroxylation is 1. The number of benzene rings is 2. The van der Waals surface area contributed by atoms with Crippen LogP contribution in [0.25, 0.3) is 0 Å². The maximum atomic E-state index is 12.5. The zero-order valence-electron chi connectivity index (χ0n) is 14.7. The Kier molecular flexibility index (Phi) is 5.05. The van der Waals surface area contributed by atoms with Crippen molar-refractivity contribution in [3.63, 3.8) is 0 Å². The second kappa shape index (κ2) is 7.28. The van der Waals surface area contributed by atoms with Gasteiger partial charge in [0.2, 0.25) is 5.91 Å². The first-order valence-electron chi connectivity index (χ1n) is 8.17. The molecule has 140 valence electrons. The lowest BCUT2D eigenvalue weighted by Gasteiger charge is -2.32. The Labute approximate surface area is 160 Å². The van der Waals surface area contributed by atoms with Crippen LogP contribution in [0.3, 0.4) is 0 Å². The van der Waals surface area contributed by atoms with Crippen LogP contribution in [0.5, 0.6) is 5.75 Å². The molecule has 1 unspecified atom stereocenters. The van der Waals surface area contributed by atoms with Crippen molar-refractivity contribution in [1.82, 2.24) is 0 Å². The molecule has 0 aliphatic carbocycles. The molecule has 2 N–H and O–H groups in total. The van der Waals surface area contributed by atoms with Crippen LogP contribution in [-0.4, -0.2) is 35.5 Å². The van der Waals surface area contributed by atoms with Crippen molar-refractivity contribution < 1.29 is 24.2 Å². The van der Waals surface area contributed by atoms with Crippen LogP contribution in [0, 0.1) is 6.92 Å². The zero-order valence-corrected chi connectivity index (χ0v) is 15.4. The number of fused-ring (bicyclic) bond motifs is 1. The number of aromatic carboxylic acids is 1. The molecule has 1 aliphatic rings. The van der Waals surface area contributed by atoms with Crippen LogP contribution in [0.15, 0.2) is 36.4 Å². The van der Waals surface area contributed by atoms with E-state index in [4.69, 9.17) is 21.4 Å². The number of carbonyl (C=O) groups excluding carboxylic acids is 2. The summed E-state index contributed by atoms with van der Waals surface area (Å²) >= 11 is 5.91. The second-order valence-electron chi connectivity index (χ2n) is 6.18. The fourth-order valence-corrected chi connectivity index (χ4v) is 3.03. The third kappa shape index (κ3) is 3.88. The Hall–Kier alpha value is -3.06. The lowest BCUT2D eigenvalue weighted by Crippen LogP contribution is -2.47. The van der Waals surface area contributed by atoms with Crippen LogP contribution in [-0.2, 0) is 9.59 Å². The van der Waals surface area contributed by atoms with Gasteiger partial charge in [0.1, 0.15) is 12.3 Å². The highest BCUT2D eigenvalue weighted by Gasteiger charge is 2.33. The van der Waals surface area contributed by atoms with Crippen molar-refractivity contribution in [3.8, 4) is 5.75 Å². The molecule has 0 spiro atoms. The van der Waals surface area contributed by atoms with Gasteiger partial charge in [-0.2, -0.15) is 0 Å². The Bertz CT molecular complexity index is 944. The van der Waals surface area contributed by atoms with Gasteiger partial charge in [0.05, 0.1) is 11.3 Å². The van der Waals surface area contributed by atoms with E-state index in [9.17, 15) is 14.4 Å². The SMILES string of the molecule is Cc1cc(Cl)ccc1NC(=O)CN1C(=O)C(C)Oc2cc(C(=O)O)ccc21. The van der Waals surface area contributed by atoms with E-state index in [1.165, 1.54) is 23.1 Å². The monoisotopic (exact) mass is 388 g/mol. The Balaban J connectivity index is 1.84. The molecule has 3 rings (SSSR count). The largest absolute Gasteiger partial charge is 0.479 e. The van der Waals surface area contributed by atoms with E-state index in [1.54, 1.807) is 25.1 Å². The molecular formula is C19H17ClN2O5. The second-order valence-corrected chi connectivity index (χ2v) is 6.62. The number of carboxylic acid groups (broad SMARTS) is 1. The number of carbonyl (C=O) groups is 3. The summed E-state index contributed by atoms with van der Waals surface area (Å²) in [4.78, 5) is 37.4. The number of halogens is 1. The van der Waals surface area contributed by atoms with Gasteiger partial charge in [0.15, 0.2) is 6.10 Å². The standard InChI is InChI=1S/C19H17ClN2O5/c1-10-7-13(20)4-5-14(10)21-17(23)9-22-15-6-3-12(19(25)26)8-16(15)27-11(2)18(22)24/h3-8,11H,9H2,1-2H3,(H,21,23)(H,25,26). The predicted molar refractivity (Wildman–Crippen MR) is 101 cm³/mol. The van der Waals surface area contributed by atoms with E-state index >= 15 is 0 Å². The molecule has 0 fully saturated rings. The Morgan fingerprint density at radius 1 is 1.26 bits per heavy atom. The predicted octanol–water partition coefficient (Wildman–Crippen LogP) is 3.10. The van der Waals surface area contributed by atoms with Crippen molar-refractivity contribution >= 4 is 40.8 Å². The highest BCUT2D eigenvalue weighted by atomic mass is 35.5. The van der Waals surface area contributed by atoms with Gasteiger partial charge < -0.3 is 15.2 Å². The van der Waals surface area contributed by atoms with E-state index in [1.807, 2.05) is 6.92 Å². The number of hydrogen-bond donors (Lipinski definition) is 2. The minimum Gasteiger partial charge on any atom is -0.479 e. The highest BCUT2D eigenvalue weighted by molar-refractivity contribution is 6.30. The first kappa shape index (κ1) is 18.7. The number of amides is 2. The molecule has 7 nitrogen and oxygen atoms in total. The van der Waals surface area contributed by atoms with Gasteiger partial charge in [-0.1, -0.05) is 11.6 Å². The molecule has 27 heavy (non-hydrogen) atoms. The number of ether oxygens (including phenoxy) is 1. The minimum atomic E-state index is -1.10. The maximum Gasteiger partial charge on any atom is 0.335 e. The molecule has 1 atom stereocenters. The summed E-state index contributed by atoms with van der Waals surface area (Å²) in [5, 5.41) is 12.4. The smallest absolute Gasteiger partial charge is 0.335 e. The van der Waals surface area contributed by atoms with Crippen LogP contribution >= 0.6 is 11.6 Å². The van der Waals surface area contributed by atoms with Gasteiger partial charge in [-0.25, -0.2) is 4.79 Å². The normalized spacial score (nSPS) is 15.7. The van der Waals surface area contributed by atoms with Gasteiger partial charge in [-0.05, 0) is 55.8 Å². The summed E-state index contributed by atoms with van der Waals surface area (Å²) in [6.07, 6.45) is -0.827. The van der Waals surface area contributed by atoms with E-state index in [0.717, 1.165) is 5.56 Å². The first-order valence-corrected chi connectivity index (χ1v) is 8.55. The van der Waals surface area contributed by atoms with Gasteiger partial charge in [-0.3, -0.25) is 14.5 Å². The molecule has 2 amide bonds. The molecular weight excluding hydrogens is 372 g/mol. The number of hydrogen-bond acceptors (Lipinski definition) is 4. The average molecular weight is 389 g/mol. The zero-order chi connectivity index (χ0) is 19.7. The van der Waals surface area contributed by atoms with Crippen LogP contribution in [0.4, 0.5) is 11.4 Å². The molecule has 1 aliphatic heterocycles. The first-order chi connectivity index (χ1) is 12.8. The lowest BCUT2D eigenvalue weighted by atomic mass is 10.1. The number of rotatable bonds is 4. The fourth-order valence-electron chi connectivity index (χ4n) is 2.81. The molecule has 0 radical (unpaired) electrons. The number of anilines is 2. The van der Waals surface area contributed by atoms with Crippen molar-refractivity contribution in [2.75, 3.05) is 16.8 Å². The summed E-state index contributed by atoms with van der Waals surface area (Å²) < 4.78 is 5.50. The molecule has 0 aromatic heterocycles. The molecule has 0 saturated heterocycles. The minimum absolute atomic E-state index is 0.0384. The average Bonchev–Trinajstić information content (AvgIpc) is 2.60. The van der Waals surface area contributed by atoms with Crippen LogP contribution in [0.1, 0.15) is 22.8 Å². The summed E-state index contributed by atoms with van der Waals surface area (Å²) in [7, 11) is 0. The summed E-state index contributed by atoms with van der Waals surface area (Å²) in [6.45, 7) is 3.13. The van der Waals surface area contributed by atoms with Gasteiger partial charge in [0.25, 0.3) is 5.91 Å². The van der Waals surface area contributed by atoms with E-state index < -0.39 is 18.0 Å². The van der Waals surface area contributed by atoms with E-state index in [-0.39, 0.29) is 23.8 Å².